The largest absolute Gasteiger partial charge is 0.365 e. The number of aromatic nitrogens is 1. The SMILES string of the molecule is CCN(Cc1ccncc1)c1c(F)cccc1CBr. The van der Waals surface area contributed by atoms with Crippen LogP contribution in [0, 0.1) is 5.82 Å². The highest BCUT2D eigenvalue weighted by molar-refractivity contribution is 9.08. The fourth-order valence-corrected chi connectivity index (χ4v) is 2.53. The van der Waals surface area contributed by atoms with Gasteiger partial charge in [0.1, 0.15) is 5.82 Å². The van der Waals surface area contributed by atoms with Gasteiger partial charge in [0, 0.05) is 30.8 Å². The van der Waals surface area contributed by atoms with E-state index in [0.717, 1.165) is 17.7 Å². The molecular formula is C15H16BrFN2. The number of benzene rings is 1. The summed E-state index contributed by atoms with van der Waals surface area (Å²) < 4.78 is 14.1. The molecule has 100 valence electrons. The molecule has 0 aliphatic rings. The fourth-order valence-electron chi connectivity index (χ4n) is 2.08. The van der Waals surface area contributed by atoms with Crippen LogP contribution in [0.15, 0.2) is 42.7 Å². The molecule has 0 unspecified atom stereocenters. The van der Waals surface area contributed by atoms with Crippen molar-refractivity contribution >= 4 is 21.6 Å². The molecule has 2 rings (SSSR count). The predicted molar refractivity (Wildman–Crippen MR) is 80.0 cm³/mol. The van der Waals surface area contributed by atoms with Gasteiger partial charge in [-0.15, -0.1) is 0 Å². The van der Waals surface area contributed by atoms with Crippen LogP contribution in [-0.2, 0) is 11.9 Å². The maximum absolute atomic E-state index is 14.1. The number of hydrogen-bond donors (Lipinski definition) is 0. The molecule has 0 bridgehead atoms. The highest BCUT2D eigenvalue weighted by atomic mass is 79.9. The van der Waals surface area contributed by atoms with E-state index in [9.17, 15) is 4.39 Å². The number of halogens is 2. The van der Waals surface area contributed by atoms with Crippen molar-refractivity contribution in [2.24, 2.45) is 0 Å². The second-order valence-electron chi connectivity index (χ2n) is 4.25. The van der Waals surface area contributed by atoms with Crippen LogP contribution in [0.2, 0.25) is 0 Å². The number of para-hydroxylation sites is 1. The van der Waals surface area contributed by atoms with Crippen LogP contribution in [0.3, 0.4) is 0 Å². The Kier molecular flexibility index (Phi) is 4.91. The number of anilines is 1. The van der Waals surface area contributed by atoms with Crippen LogP contribution in [0.1, 0.15) is 18.1 Å². The smallest absolute Gasteiger partial charge is 0.146 e. The highest BCUT2D eigenvalue weighted by Crippen LogP contribution is 2.27. The van der Waals surface area contributed by atoms with Crippen LogP contribution in [-0.4, -0.2) is 11.5 Å². The van der Waals surface area contributed by atoms with Crippen molar-refractivity contribution in [3.8, 4) is 0 Å². The lowest BCUT2D eigenvalue weighted by Crippen LogP contribution is -2.24. The summed E-state index contributed by atoms with van der Waals surface area (Å²) in [5, 5.41) is 0.646. The molecule has 2 aromatic rings. The molecule has 4 heteroatoms. The molecule has 19 heavy (non-hydrogen) atoms. The molecule has 1 aromatic heterocycles. The van der Waals surface area contributed by atoms with E-state index in [1.54, 1.807) is 18.5 Å². The van der Waals surface area contributed by atoms with E-state index in [4.69, 9.17) is 0 Å². The van der Waals surface area contributed by atoms with Gasteiger partial charge in [0.2, 0.25) is 0 Å². The minimum absolute atomic E-state index is 0.173. The van der Waals surface area contributed by atoms with Crippen molar-refractivity contribution in [3.05, 3.63) is 59.7 Å². The third-order valence-electron chi connectivity index (χ3n) is 3.04. The lowest BCUT2D eigenvalue weighted by molar-refractivity contribution is 0.616. The maximum atomic E-state index is 14.1. The van der Waals surface area contributed by atoms with Gasteiger partial charge in [-0.25, -0.2) is 4.39 Å². The average molecular weight is 323 g/mol. The van der Waals surface area contributed by atoms with Gasteiger partial charge in [-0.1, -0.05) is 28.1 Å². The summed E-state index contributed by atoms with van der Waals surface area (Å²) in [4.78, 5) is 6.05. The van der Waals surface area contributed by atoms with Crippen molar-refractivity contribution in [1.82, 2.24) is 4.98 Å². The van der Waals surface area contributed by atoms with Gasteiger partial charge >= 0.3 is 0 Å². The van der Waals surface area contributed by atoms with Gasteiger partial charge in [-0.3, -0.25) is 4.98 Å². The molecule has 0 saturated heterocycles. The third-order valence-corrected chi connectivity index (χ3v) is 3.64. The van der Waals surface area contributed by atoms with Gasteiger partial charge in [-0.2, -0.15) is 0 Å². The first-order valence-corrected chi connectivity index (χ1v) is 7.35. The fraction of sp³-hybridized carbons (Fsp3) is 0.267. The molecule has 0 fully saturated rings. The Bertz CT molecular complexity index is 531. The molecule has 2 nitrogen and oxygen atoms in total. The molecule has 1 aromatic carbocycles. The van der Waals surface area contributed by atoms with E-state index < -0.39 is 0 Å². The molecule has 0 aliphatic heterocycles. The summed E-state index contributed by atoms with van der Waals surface area (Å²) in [6.45, 7) is 3.47. The Morgan fingerprint density at radius 1 is 1.21 bits per heavy atom. The number of nitrogens with zero attached hydrogens (tertiary/aromatic N) is 2. The zero-order valence-electron chi connectivity index (χ0n) is 10.8. The molecule has 0 amide bonds. The monoisotopic (exact) mass is 322 g/mol. The zero-order chi connectivity index (χ0) is 13.7. The maximum Gasteiger partial charge on any atom is 0.146 e. The van der Waals surface area contributed by atoms with E-state index in [-0.39, 0.29) is 5.82 Å². The van der Waals surface area contributed by atoms with Gasteiger partial charge < -0.3 is 4.90 Å². The topological polar surface area (TPSA) is 16.1 Å². The van der Waals surface area contributed by atoms with E-state index in [1.165, 1.54) is 6.07 Å². The lowest BCUT2D eigenvalue weighted by Gasteiger charge is -2.26. The van der Waals surface area contributed by atoms with E-state index >= 15 is 0 Å². The first kappa shape index (κ1) is 14.0. The van der Waals surface area contributed by atoms with Crippen molar-refractivity contribution in [2.45, 2.75) is 18.8 Å². The third kappa shape index (κ3) is 3.32. The van der Waals surface area contributed by atoms with Gasteiger partial charge in [0.05, 0.1) is 5.69 Å². The summed E-state index contributed by atoms with van der Waals surface area (Å²) in [7, 11) is 0. The van der Waals surface area contributed by atoms with Crippen LogP contribution in [0.5, 0.6) is 0 Å². The number of hydrogen-bond acceptors (Lipinski definition) is 2. The highest BCUT2D eigenvalue weighted by Gasteiger charge is 2.14. The van der Waals surface area contributed by atoms with Crippen LogP contribution >= 0.6 is 15.9 Å². The summed E-state index contributed by atoms with van der Waals surface area (Å²) in [6, 6.07) is 9.11. The van der Waals surface area contributed by atoms with Gasteiger partial charge in [0.15, 0.2) is 0 Å². The average Bonchev–Trinajstić information content (AvgIpc) is 2.46. The standard InChI is InChI=1S/C15H16BrFN2/c1-2-19(11-12-6-8-18-9-7-12)15-13(10-16)4-3-5-14(15)17/h3-9H,2,10-11H2,1H3. The number of pyridine rings is 1. The molecule has 0 spiro atoms. The molecule has 0 N–H and O–H groups in total. The Morgan fingerprint density at radius 2 is 1.95 bits per heavy atom. The summed E-state index contributed by atoms with van der Waals surface area (Å²) in [5.41, 5.74) is 2.77. The second kappa shape index (κ2) is 6.66. The molecule has 0 saturated carbocycles. The Labute approximate surface area is 121 Å². The molecule has 0 atom stereocenters. The minimum Gasteiger partial charge on any atom is -0.365 e. The normalized spacial score (nSPS) is 10.5. The van der Waals surface area contributed by atoms with E-state index in [0.29, 0.717) is 17.6 Å². The van der Waals surface area contributed by atoms with E-state index in [1.807, 2.05) is 30.0 Å². The predicted octanol–water partition coefficient (Wildman–Crippen LogP) is 4.14. The lowest BCUT2D eigenvalue weighted by atomic mass is 10.1. The number of alkyl halides is 1. The van der Waals surface area contributed by atoms with Crippen LogP contribution in [0.4, 0.5) is 10.1 Å². The molecule has 1 heterocycles. The van der Waals surface area contributed by atoms with Crippen LogP contribution in [0.25, 0.3) is 0 Å². The molecule has 0 aliphatic carbocycles. The van der Waals surface area contributed by atoms with E-state index in [2.05, 4.69) is 20.9 Å². The second-order valence-corrected chi connectivity index (χ2v) is 4.81. The van der Waals surface area contributed by atoms with Gasteiger partial charge in [0.25, 0.3) is 0 Å². The minimum atomic E-state index is -0.173. The van der Waals surface area contributed by atoms with Crippen molar-refractivity contribution in [1.29, 1.82) is 0 Å². The van der Waals surface area contributed by atoms with Crippen molar-refractivity contribution in [2.75, 3.05) is 11.4 Å². The summed E-state index contributed by atoms with van der Waals surface area (Å²) in [5.74, 6) is -0.173. The number of rotatable bonds is 5. The van der Waals surface area contributed by atoms with Crippen molar-refractivity contribution < 1.29 is 4.39 Å². The van der Waals surface area contributed by atoms with Gasteiger partial charge in [-0.05, 0) is 36.2 Å². The van der Waals surface area contributed by atoms with Crippen LogP contribution < -0.4 is 4.90 Å². The Morgan fingerprint density at radius 3 is 2.58 bits per heavy atom. The molecular weight excluding hydrogens is 307 g/mol. The molecule has 0 radical (unpaired) electrons. The zero-order valence-corrected chi connectivity index (χ0v) is 12.4. The van der Waals surface area contributed by atoms with Crippen molar-refractivity contribution in [3.63, 3.8) is 0 Å². The quantitative estimate of drug-likeness (QED) is 0.769. The Balaban J connectivity index is 2.32. The first-order valence-electron chi connectivity index (χ1n) is 6.23. The summed E-state index contributed by atoms with van der Waals surface area (Å²) in [6.07, 6.45) is 3.52. The Hall–Kier alpha value is -1.42. The first-order chi connectivity index (χ1) is 9.26. The summed E-state index contributed by atoms with van der Waals surface area (Å²) >= 11 is 3.42.